The van der Waals surface area contributed by atoms with Crippen molar-refractivity contribution in [2.24, 2.45) is 5.73 Å². The Morgan fingerprint density at radius 1 is 1.59 bits per heavy atom. The maximum atomic E-state index is 12.1. The van der Waals surface area contributed by atoms with Gasteiger partial charge in [-0.3, -0.25) is 4.79 Å². The molecule has 1 aliphatic heterocycles. The van der Waals surface area contributed by atoms with Gasteiger partial charge in [0, 0.05) is 25.2 Å². The van der Waals surface area contributed by atoms with E-state index < -0.39 is 0 Å². The van der Waals surface area contributed by atoms with Crippen LogP contribution in [0.2, 0.25) is 0 Å². The van der Waals surface area contributed by atoms with Crippen molar-refractivity contribution in [3.63, 3.8) is 0 Å². The first-order valence-corrected chi connectivity index (χ1v) is 5.53. The Hall–Kier alpha value is -1.75. The summed E-state index contributed by atoms with van der Waals surface area (Å²) in [6.45, 7) is 1.19. The van der Waals surface area contributed by atoms with Gasteiger partial charge in [0.25, 0.3) is 5.91 Å². The molecule has 17 heavy (non-hydrogen) atoms. The lowest BCUT2D eigenvalue weighted by molar-refractivity contribution is 0.0788. The molecule has 0 unspecified atom stereocenters. The lowest BCUT2D eigenvalue weighted by Gasteiger charge is -2.16. The Morgan fingerprint density at radius 2 is 2.35 bits per heavy atom. The molecule has 1 atom stereocenters. The summed E-state index contributed by atoms with van der Waals surface area (Å²) in [5.41, 5.74) is 6.04. The Bertz CT molecular complexity index is 434. The number of methoxy groups -OCH3 is 1. The number of phenols is 1. The van der Waals surface area contributed by atoms with Crippen LogP contribution < -0.4 is 10.5 Å². The van der Waals surface area contributed by atoms with Crippen LogP contribution in [0.1, 0.15) is 16.8 Å². The SMILES string of the molecule is COc1ccc(C(=O)N2CC[C@H](N)C2)c(O)c1. The minimum absolute atomic E-state index is 0.0411. The highest BCUT2D eigenvalue weighted by atomic mass is 16.5. The Kier molecular flexibility index (Phi) is 3.19. The fourth-order valence-corrected chi connectivity index (χ4v) is 1.96. The third-order valence-corrected chi connectivity index (χ3v) is 2.95. The maximum Gasteiger partial charge on any atom is 0.257 e. The molecule has 0 spiro atoms. The highest BCUT2D eigenvalue weighted by Crippen LogP contribution is 2.25. The van der Waals surface area contributed by atoms with Gasteiger partial charge >= 0.3 is 0 Å². The van der Waals surface area contributed by atoms with E-state index in [1.54, 1.807) is 17.0 Å². The molecule has 0 aliphatic carbocycles. The summed E-state index contributed by atoms with van der Waals surface area (Å²) in [7, 11) is 1.51. The van der Waals surface area contributed by atoms with Crippen molar-refractivity contribution in [3.8, 4) is 11.5 Å². The van der Waals surface area contributed by atoms with E-state index in [1.165, 1.54) is 13.2 Å². The lowest BCUT2D eigenvalue weighted by atomic mass is 10.1. The molecule has 0 radical (unpaired) electrons. The van der Waals surface area contributed by atoms with Gasteiger partial charge in [0.15, 0.2) is 0 Å². The van der Waals surface area contributed by atoms with E-state index >= 15 is 0 Å². The predicted octanol–water partition coefficient (Wildman–Crippen LogP) is 0.574. The van der Waals surface area contributed by atoms with Crippen molar-refractivity contribution < 1.29 is 14.6 Å². The average molecular weight is 236 g/mol. The highest BCUT2D eigenvalue weighted by molar-refractivity contribution is 5.97. The monoisotopic (exact) mass is 236 g/mol. The molecule has 5 heteroatoms. The van der Waals surface area contributed by atoms with Crippen molar-refractivity contribution in [1.29, 1.82) is 0 Å². The molecule has 0 saturated carbocycles. The maximum absolute atomic E-state index is 12.1. The molecular weight excluding hydrogens is 220 g/mol. The third-order valence-electron chi connectivity index (χ3n) is 2.95. The normalized spacial score (nSPS) is 19.4. The number of ether oxygens (including phenoxy) is 1. The molecule has 0 bridgehead atoms. The number of nitrogens with zero attached hydrogens (tertiary/aromatic N) is 1. The summed E-state index contributed by atoms with van der Waals surface area (Å²) in [4.78, 5) is 13.7. The number of nitrogens with two attached hydrogens (primary N) is 1. The molecule has 5 nitrogen and oxygen atoms in total. The summed E-state index contributed by atoms with van der Waals surface area (Å²) in [6.07, 6.45) is 0.808. The van der Waals surface area contributed by atoms with Gasteiger partial charge in [-0.25, -0.2) is 0 Å². The number of amides is 1. The summed E-state index contributed by atoms with van der Waals surface area (Å²) in [6, 6.07) is 4.70. The van der Waals surface area contributed by atoms with Gasteiger partial charge in [0.05, 0.1) is 12.7 Å². The number of aromatic hydroxyl groups is 1. The second-order valence-electron chi connectivity index (χ2n) is 4.18. The summed E-state index contributed by atoms with van der Waals surface area (Å²) >= 11 is 0. The van der Waals surface area contributed by atoms with Gasteiger partial charge in [-0.15, -0.1) is 0 Å². The largest absolute Gasteiger partial charge is 0.507 e. The molecule has 1 aliphatic rings. The minimum atomic E-state index is -0.182. The Labute approximate surface area is 99.8 Å². The average Bonchev–Trinajstić information content (AvgIpc) is 2.75. The summed E-state index contributed by atoms with van der Waals surface area (Å²) in [5.74, 6) is 0.282. The van der Waals surface area contributed by atoms with E-state index in [9.17, 15) is 9.90 Å². The van der Waals surface area contributed by atoms with E-state index in [2.05, 4.69) is 0 Å². The zero-order valence-electron chi connectivity index (χ0n) is 9.72. The predicted molar refractivity (Wildman–Crippen MR) is 63.2 cm³/mol. The van der Waals surface area contributed by atoms with Crippen LogP contribution in [-0.2, 0) is 0 Å². The number of phenolic OH excluding ortho intramolecular Hbond substituents is 1. The smallest absolute Gasteiger partial charge is 0.257 e. The lowest BCUT2D eigenvalue weighted by Crippen LogP contribution is -2.31. The van der Waals surface area contributed by atoms with Crippen LogP contribution in [0, 0.1) is 0 Å². The molecule has 1 aromatic carbocycles. The minimum Gasteiger partial charge on any atom is -0.507 e. The van der Waals surface area contributed by atoms with Crippen molar-refractivity contribution in [1.82, 2.24) is 4.90 Å². The molecule has 1 heterocycles. The van der Waals surface area contributed by atoms with Crippen molar-refractivity contribution >= 4 is 5.91 Å². The Morgan fingerprint density at radius 3 is 2.88 bits per heavy atom. The first-order valence-electron chi connectivity index (χ1n) is 5.53. The zero-order valence-corrected chi connectivity index (χ0v) is 9.72. The van der Waals surface area contributed by atoms with Crippen LogP contribution in [0.5, 0.6) is 11.5 Å². The van der Waals surface area contributed by atoms with Crippen LogP contribution in [0.3, 0.4) is 0 Å². The molecule has 1 aromatic rings. The van der Waals surface area contributed by atoms with Crippen LogP contribution in [0.4, 0.5) is 0 Å². The first kappa shape index (κ1) is 11.7. The Balaban J connectivity index is 2.19. The number of rotatable bonds is 2. The number of benzene rings is 1. The van der Waals surface area contributed by atoms with Crippen LogP contribution >= 0.6 is 0 Å². The van der Waals surface area contributed by atoms with Crippen molar-refractivity contribution in [2.45, 2.75) is 12.5 Å². The van der Waals surface area contributed by atoms with E-state index in [0.29, 0.717) is 24.4 Å². The summed E-state index contributed by atoms with van der Waals surface area (Å²) in [5, 5.41) is 9.76. The number of carbonyl (C=O) groups is 1. The van der Waals surface area contributed by atoms with E-state index in [0.717, 1.165) is 6.42 Å². The molecule has 0 aromatic heterocycles. The van der Waals surface area contributed by atoms with Crippen LogP contribution in [-0.4, -0.2) is 42.2 Å². The second-order valence-corrected chi connectivity index (χ2v) is 4.18. The van der Waals surface area contributed by atoms with Gasteiger partial charge in [0.2, 0.25) is 0 Å². The van der Waals surface area contributed by atoms with Gasteiger partial charge in [-0.1, -0.05) is 0 Å². The quantitative estimate of drug-likeness (QED) is 0.787. The third kappa shape index (κ3) is 2.34. The molecular formula is C12H16N2O3. The van der Waals surface area contributed by atoms with Crippen LogP contribution in [0.25, 0.3) is 0 Å². The molecule has 1 fully saturated rings. The van der Waals surface area contributed by atoms with Gasteiger partial charge in [-0.2, -0.15) is 0 Å². The molecule has 3 N–H and O–H groups in total. The van der Waals surface area contributed by atoms with Gasteiger partial charge in [0.1, 0.15) is 11.5 Å². The topological polar surface area (TPSA) is 75.8 Å². The van der Waals surface area contributed by atoms with E-state index in [-0.39, 0.29) is 17.7 Å². The standard InChI is InChI=1S/C12H16N2O3/c1-17-9-2-3-10(11(15)6-9)12(16)14-5-4-8(13)7-14/h2-3,6,8,15H,4-5,7,13H2,1H3/t8-/m0/s1. The molecule has 1 amide bonds. The van der Waals surface area contributed by atoms with Gasteiger partial charge < -0.3 is 20.5 Å². The van der Waals surface area contributed by atoms with Crippen LogP contribution in [0.15, 0.2) is 18.2 Å². The fraction of sp³-hybridized carbons (Fsp3) is 0.417. The van der Waals surface area contributed by atoms with Crippen molar-refractivity contribution in [2.75, 3.05) is 20.2 Å². The molecule has 2 rings (SSSR count). The van der Waals surface area contributed by atoms with E-state index in [4.69, 9.17) is 10.5 Å². The van der Waals surface area contributed by atoms with E-state index in [1.807, 2.05) is 0 Å². The first-order chi connectivity index (χ1) is 8.11. The highest BCUT2D eigenvalue weighted by Gasteiger charge is 2.26. The molecule has 1 saturated heterocycles. The number of carbonyl (C=O) groups excluding carboxylic acids is 1. The zero-order chi connectivity index (χ0) is 12.4. The second kappa shape index (κ2) is 4.63. The summed E-state index contributed by atoms with van der Waals surface area (Å²) < 4.78 is 4.97. The fourth-order valence-electron chi connectivity index (χ4n) is 1.96. The number of hydrogen-bond donors (Lipinski definition) is 2. The van der Waals surface area contributed by atoms with Gasteiger partial charge in [-0.05, 0) is 18.6 Å². The number of likely N-dealkylation sites (tertiary alicyclic amines) is 1. The number of hydrogen-bond acceptors (Lipinski definition) is 4. The van der Waals surface area contributed by atoms with Crippen molar-refractivity contribution in [3.05, 3.63) is 23.8 Å². The molecule has 92 valence electrons.